The summed E-state index contributed by atoms with van der Waals surface area (Å²) in [5, 5.41) is 16.2. The summed E-state index contributed by atoms with van der Waals surface area (Å²) in [4.78, 5) is 0. The molecular formula is C18H21N5O. The molecule has 6 nitrogen and oxygen atoms in total. The average molecular weight is 323 g/mol. The average Bonchev–Trinajstić information content (AvgIpc) is 3.32. The van der Waals surface area contributed by atoms with Gasteiger partial charge in [-0.3, -0.25) is 0 Å². The SMILES string of the molecule is Cc1ccccc1OCC(C)Nc1cc(C2CC2)nn2cnnc12. The van der Waals surface area contributed by atoms with Crippen molar-refractivity contribution in [2.75, 3.05) is 11.9 Å². The Bertz CT molecular complexity index is 855. The first-order valence-electron chi connectivity index (χ1n) is 8.36. The molecule has 0 aliphatic heterocycles. The van der Waals surface area contributed by atoms with Gasteiger partial charge in [0.15, 0.2) is 0 Å². The summed E-state index contributed by atoms with van der Waals surface area (Å²) in [6.07, 6.45) is 4.08. The summed E-state index contributed by atoms with van der Waals surface area (Å²) in [5.74, 6) is 1.50. The number of aryl methyl sites for hydroxylation is 1. The zero-order chi connectivity index (χ0) is 16.5. The largest absolute Gasteiger partial charge is 0.491 e. The molecule has 1 saturated carbocycles. The summed E-state index contributed by atoms with van der Waals surface area (Å²) < 4.78 is 7.69. The third kappa shape index (κ3) is 3.04. The number of benzene rings is 1. The second kappa shape index (κ2) is 6.11. The number of fused-ring (bicyclic) bond motifs is 1. The lowest BCUT2D eigenvalue weighted by Gasteiger charge is -2.17. The number of rotatable bonds is 6. The van der Waals surface area contributed by atoms with Crippen LogP contribution in [-0.2, 0) is 0 Å². The molecule has 3 aromatic rings. The van der Waals surface area contributed by atoms with E-state index in [1.807, 2.05) is 18.2 Å². The van der Waals surface area contributed by atoms with Crippen LogP contribution in [0.3, 0.4) is 0 Å². The van der Waals surface area contributed by atoms with E-state index in [2.05, 4.69) is 46.6 Å². The summed E-state index contributed by atoms with van der Waals surface area (Å²) in [5.41, 5.74) is 3.97. The van der Waals surface area contributed by atoms with Crippen LogP contribution in [0.4, 0.5) is 5.69 Å². The van der Waals surface area contributed by atoms with Gasteiger partial charge in [-0.1, -0.05) is 18.2 Å². The Morgan fingerprint density at radius 3 is 2.96 bits per heavy atom. The van der Waals surface area contributed by atoms with Crippen LogP contribution in [0.15, 0.2) is 36.7 Å². The Labute approximate surface area is 140 Å². The lowest BCUT2D eigenvalue weighted by molar-refractivity contribution is 0.302. The Morgan fingerprint density at radius 2 is 2.17 bits per heavy atom. The molecule has 1 aliphatic rings. The lowest BCUT2D eigenvalue weighted by atomic mass is 10.2. The van der Waals surface area contributed by atoms with E-state index >= 15 is 0 Å². The van der Waals surface area contributed by atoms with Crippen molar-refractivity contribution in [3.8, 4) is 5.75 Å². The lowest BCUT2D eigenvalue weighted by Crippen LogP contribution is -2.24. The third-order valence-corrected chi connectivity index (χ3v) is 4.27. The fourth-order valence-corrected chi connectivity index (χ4v) is 2.77. The monoisotopic (exact) mass is 323 g/mol. The highest BCUT2D eigenvalue weighted by Gasteiger charge is 2.26. The van der Waals surface area contributed by atoms with Crippen molar-refractivity contribution in [2.24, 2.45) is 0 Å². The third-order valence-electron chi connectivity index (χ3n) is 4.27. The van der Waals surface area contributed by atoms with Gasteiger partial charge in [-0.15, -0.1) is 10.2 Å². The maximum Gasteiger partial charge on any atom is 0.200 e. The minimum atomic E-state index is 0.138. The zero-order valence-corrected chi connectivity index (χ0v) is 13.9. The summed E-state index contributed by atoms with van der Waals surface area (Å²) in [6, 6.07) is 10.3. The molecule has 1 fully saturated rings. The number of nitrogens with zero attached hydrogens (tertiary/aromatic N) is 4. The molecule has 4 rings (SSSR count). The Hall–Kier alpha value is -2.63. The van der Waals surface area contributed by atoms with E-state index in [4.69, 9.17) is 4.74 Å². The number of hydrogen-bond acceptors (Lipinski definition) is 5. The van der Waals surface area contributed by atoms with Crippen LogP contribution in [0.2, 0.25) is 0 Å². The molecule has 2 heterocycles. The van der Waals surface area contributed by atoms with Crippen LogP contribution >= 0.6 is 0 Å². The molecule has 1 aliphatic carbocycles. The van der Waals surface area contributed by atoms with E-state index in [1.54, 1.807) is 10.8 Å². The Balaban J connectivity index is 1.49. The minimum absolute atomic E-state index is 0.138. The number of aromatic nitrogens is 4. The predicted molar refractivity (Wildman–Crippen MR) is 92.5 cm³/mol. The van der Waals surface area contributed by atoms with Gasteiger partial charge in [0, 0.05) is 5.92 Å². The van der Waals surface area contributed by atoms with E-state index in [-0.39, 0.29) is 6.04 Å². The standard InChI is InChI=1S/C18H21N5O/c1-12-5-3-4-6-17(12)24-10-13(2)20-16-9-15(14-7-8-14)22-23-11-19-21-18(16)23/h3-6,9,11,13-14,20H,7-8,10H2,1-2H3. The van der Waals surface area contributed by atoms with E-state index in [9.17, 15) is 0 Å². The van der Waals surface area contributed by atoms with Crippen LogP contribution in [0.1, 0.15) is 36.9 Å². The molecule has 0 saturated heterocycles. The van der Waals surface area contributed by atoms with Gasteiger partial charge in [0.05, 0.1) is 17.4 Å². The van der Waals surface area contributed by atoms with Crippen molar-refractivity contribution in [2.45, 2.75) is 38.6 Å². The number of para-hydroxylation sites is 1. The summed E-state index contributed by atoms with van der Waals surface area (Å²) >= 11 is 0. The van der Waals surface area contributed by atoms with Crippen molar-refractivity contribution >= 4 is 11.3 Å². The van der Waals surface area contributed by atoms with Gasteiger partial charge in [-0.25, -0.2) is 0 Å². The van der Waals surface area contributed by atoms with Crippen molar-refractivity contribution in [1.82, 2.24) is 19.8 Å². The van der Waals surface area contributed by atoms with Crippen LogP contribution in [-0.4, -0.2) is 32.5 Å². The van der Waals surface area contributed by atoms with Crippen molar-refractivity contribution < 1.29 is 4.74 Å². The van der Waals surface area contributed by atoms with E-state index in [1.165, 1.54) is 12.8 Å². The topological polar surface area (TPSA) is 64.3 Å². The van der Waals surface area contributed by atoms with Gasteiger partial charge >= 0.3 is 0 Å². The van der Waals surface area contributed by atoms with Crippen LogP contribution in [0, 0.1) is 6.92 Å². The van der Waals surface area contributed by atoms with E-state index in [0.29, 0.717) is 12.5 Å². The maximum absolute atomic E-state index is 5.93. The van der Waals surface area contributed by atoms with Crippen molar-refractivity contribution in [1.29, 1.82) is 0 Å². The van der Waals surface area contributed by atoms with E-state index in [0.717, 1.165) is 28.3 Å². The number of anilines is 1. The van der Waals surface area contributed by atoms with Gasteiger partial charge in [0.2, 0.25) is 5.65 Å². The van der Waals surface area contributed by atoms with Crippen LogP contribution in [0.5, 0.6) is 5.75 Å². The quantitative estimate of drug-likeness (QED) is 0.755. The molecule has 1 unspecified atom stereocenters. The molecule has 1 N–H and O–H groups in total. The first-order chi connectivity index (χ1) is 11.7. The molecule has 0 bridgehead atoms. The number of ether oxygens (including phenoxy) is 1. The van der Waals surface area contributed by atoms with Crippen LogP contribution < -0.4 is 10.1 Å². The minimum Gasteiger partial charge on any atom is -0.491 e. The van der Waals surface area contributed by atoms with Crippen LogP contribution in [0.25, 0.3) is 5.65 Å². The first kappa shape index (κ1) is 14.9. The van der Waals surface area contributed by atoms with Crippen molar-refractivity contribution in [3.63, 3.8) is 0 Å². The predicted octanol–water partition coefficient (Wildman–Crippen LogP) is 3.19. The molecule has 2 aromatic heterocycles. The molecule has 1 aromatic carbocycles. The normalized spacial score (nSPS) is 15.4. The van der Waals surface area contributed by atoms with Crippen molar-refractivity contribution in [3.05, 3.63) is 47.9 Å². The Morgan fingerprint density at radius 1 is 1.33 bits per heavy atom. The molecule has 6 heteroatoms. The Kier molecular flexibility index (Phi) is 3.80. The zero-order valence-electron chi connectivity index (χ0n) is 13.9. The molecule has 124 valence electrons. The summed E-state index contributed by atoms with van der Waals surface area (Å²) in [7, 11) is 0. The fraction of sp³-hybridized carbons (Fsp3) is 0.389. The number of hydrogen-bond donors (Lipinski definition) is 1. The highest BCUT2D eigenvalue weighted by molar-refractivity contribution is 5.67. The molecule has 0 amide bonds. The fourth-order valence-electron chi connectivity index (χ4n) is 2.77. The highest BCUT2D eigenvalue weighted by Crippen LogP contribution is 2.39. The van der Waals surface area contributed by atoms with E-state index < -0.39 is 0 Å². The summed E-state index contributed by atoms with van der Waals surface area (Å²) in [6.45, 7) is 4.73. The van der Waals surface area contributed by atoms with Gasteiger partial charge in [-0.2, -0.15) is 9.61 Å². The molecular weight excluding hydrogens is 302 g/mol. The molecule has 0 spiro atoms. The molecule has 1 atom stereocenters. The van der Waals surface area contributed by atoms with Gasteiger partial charge in [-0.05, 0) is 44.4 Å². The van der Waals surface area contributed by atoms with Gasteiger partial charge in [0.25, 0.3) is 0 Å². The van der Waals surface area contributed by atoms with Gasteiger partial charge < -0.3 is 10.1 Å². The molecule has 0 radical (unpaired) electrons. The van der Waals surface area contributed by atoms with Gasteiger partial charge in [0.1, 0.15) is 18.7 Å². The molecule has 24 heavy (non-hydrogen) atoms. The highest BCUT2D eigenvalue weighted by atomic mass is 16.5. The second-order valence-electron chi connectivity index (χ2n) is 6.48. The number of nitrogens with one attached hydrogen (secondary N) is 1. The maximum atomic E-state index is 5.93. The first-order valence-corrected chi connectivity index (χ1v) is 8.36. The smallest absolute Gasteiger partial charge is 0.200 e. The second-order valence-corrected chi connectivity index (χ2v) is 6.48.